The second kappa shape index (κ2) is 7.09. The van der Waals surface area contributed by atoms with Crippen molar-refractivity contribution in [2.75, 3.05) is 11.8 Å². The van der Waals surface area contributed by atoms with Crippen molar-refractivity contribution in [1.82, 2.24) is 4.98 Å². The highest BCUT2D eigenvalue weighted by molar-refractivity contribution is 7.93. The number of alkyl halides is 1. The quantitative estimate of drug-likeness (QED) is 0.795. The van der Waals surface area contributed by atoms with E-state index < -0.39 is 28.1 Å². The summed E-state index contributed by atoms with van der Waals surface area (Å²) in [5.74, 6) is -0.569. The SMILES string of the molecule is COC(=O)c1sc(NS(=O)(=O)c2ccc(CF)cc2)nc1C(C)(C)C. The molecule has 1 heterocycles. The van der Waals surface area contributed by atoms with E-state index in [1.54, 1.807) is 0 Å². The molecule has 2 rings (SSSR count). The number of anilines is 1. The maximum Gasteiger partial charge on any atom is 0.350 e. The van der Waals surface area contributed by atoms with Crippen LogP contribution in [0.5, 0.6) is 0 Å². The number of aromatic nitrogens is 1. The minimum Gasteiger partial charge on any atom is -0.465 e. The molecule has 0 unspecified atom stereocenters. The van der Waals surface area contributed by atoms with E-state index >= 15 is 0 Å². The van der Waals surface area contributed by atoms with Gasteiger partial charge in [0.1, 0.15) is 11.6 Å². The molecule has 0 radical (unpaired) electrons. The number of methoxy groups -OCH3 is 1. The number of esters is 1. The lowest BCUT2D eigenvalue weighted by molar-refractivity contribution is 0.0603. The molecule has 0 aliphatic heterocycles. The molecule has 0 atom stereocenters. The van der Waals surface area contributed by atoms with Gasteiger partial charge in [-0.3, -0.25) is 4.72 Å². The van der Waals surface area contributed by atoms with Gasteiger partial charge in [-0.25, -0.2) is 22.6 Å². The normalized spacial score (nSPS) is 12.0. The van der Waals surface area contributed by atoms with Crippen molar-refractivity contribution in [2.24, 2.45) is 0 Å². The zero-order valence-electron chi connectivity index (χ0n) is 14.3. The largest absolute Gasteiger partial charge is 0.465 e. The van der Waals surface area contributed by atoms with Crippen molar-refractivity contribution < 1.29 is 22.3 Å². The number of benzene rings is 1. The molecule has 25 heavy (non-hydrogen) atoms. The van der Waals surface area contributed by atoms with Crippen LogP contribution in [0.3, 0.4) is 0 Å². The zero-order chi connectivity index (χ0) is 18.8. The predicted octanol–water partition coefficient (Wildman–Crippen LogP) is 3.50. The van der Waals surface area contributed by atoms with Gasteiger partial charge >= 0.3 is 5.97 Å². The summed E-state index contributed by atoms with van der Waals surface area (Å²) in [6.07, 6.45) is 0. The monoisotopic (exact) mass is 386 g/mol. The summed E-state index contributed by atoms with van der Waals surface area (Å²) in [5.41, 5.74) is 0.373. The van der Waals surface area contributed by atoms with Gasteiger partial charge in [0.05, 0.1) is 17.7 Å². The number of carbonyl (C=O) groups excluding carboxylic acids is 1. The van der Waals surface area contributed by atoms with Gasteiger partial charge in [-0.15, -0.1) is 0 Å². The van der Waals surface area contributed by atoms with Crippen LogP contribution in [0.1, 0.15) is 41.7 Å². The van der Waals surface area contributed by atoms with Gasteiger partial charge in [-0.05, 0) is 17.7 Å². The first-order valence-corrected chi connectivity index (χ1v) is 9.66. The summed E-state index contributed by atoms with van der Waals surface area (Å²) in [6, 6.07) is 5.43. The van der Waals surface area contributed by atoms with Crippen LogP contribution < -0.4 is 4.72 Å². The third-order valence-corrected chi connectivity index (χ3v) is 5.75. The molecule has 6 nitrogen and oxygen atoms in total. The van der Waals surface area contributed by atoms with Crippen molar-refractivity contribution in [3.8, 4) is 0 Å². The molecule has 9 heteroatoms. The first-order valence-electron chi connectivity index (χ1n) is 7.36. The molecule has 0 saturated heterocycles. The number of hydrogen-bond donors (Lipinski definition) is 1. The molecule has 1 N–H and O–H groups in total. The van der Waals surface area contributed by atoms with Crippen LogP contribution in [-0.2, 0) is 26.8 Å². The molecule has 1 aromatic carbocycles. The van der Waals surface area contributed by atoms with Crippen molar-refractivity contribution in [2.45, 2.75) is 37.8 Å². The summed E-state index contributed by atoms with van der Waals surface area (Å²) in [7, 11) is -2.64. The third-order valence-electron chi connectivity index (χ3n) is 3.32. The van der Waals surface area contributed by atoms with Gasteiger partial charge in [-0.1, -0.05) is 44.2 Å². The average molecular weight is 386 g/mol. The Morgan fingerprint density at radius 1 is 1.28 bits per heavy atom. The molecular formula is C16H19FN2O4S2. The Morgan fingerprint density at radius 2 is 1.88 bits per heavy atom. The molecule has 0 spiro atoms. The van der Waals surface area contributed by atoms with Gasteiger partial charge in [0, 0.05) is 5.41 Å². The fourth-order valence-corrected chi connectivity index (χ4v) is 4.36. The highest BCUT2D eigenvalue weighted by Crippen LogP contribution is 2.33. The second-order valence-electron chi connectivity index (χ2n) is 6.32. The minimum atomic E-state index is -3.90. The Balaban J connectivity index is 2.38. The minimum absolute atomic E-state index is 0.0168. The van der Waals surface area contributed by atoms with Crippen LogP contribution in [-0.4, -0.2) is 26.5 Å². The number of ether oxygens (including phenoxy) is 1. The molecule has 136 valence electrons. The van der Waals surface area contributed by atoms with E-state index in [0.717, 1.165) is 11.3 Å². The maximum atomic E-state index is 12.6. The fraction of sp³-hybridized carbons (Fsp3) is 0.375. The van der Waals surface area contributed by atoms with E-state index in [1.807, 2.05) is 20.8 Å². The standard InChI is InChI=1S/C16H19FN2O4S2/c1-16(2,3)13-12(14(20)23-4)24-15(18-13)19-25(21,22)11-7-5-10(9-17)6-8-11/h5-8H,9H2,1-4H3,(H,18,19). The predicted molar refractivity (Wildman–Crippen MR) is 94.2 cm³/mol. The van der Waals surface area contributed by atoms with E-state index in [2.05, 4.69) is 9.71 Å². The Morgan fingerprint density at radius 3 is 2.36 bits per heavy atom. The lowest BCUT2D eigenvalue weighted by atomic mass is 9.91. The Kier molecular flexibility index (Phi) is 5.48. The van der Waals surface area contributed by atoms with E-state index in [-0.39, 0.29) is 14.9 Å². The lowest BCUT2D eigenvalue weighted by Crippen LogP contribution is -2.17. The molecule has 0 aliphatic rings. The van der Waals surface area contributed by atoms with Crippen LogP contribution in [0.2, 0.25) is 0 Å². The number of nitrogens with one attached hydrogen (secondary N) is 1. The number of nitrogens with zero attached hydrogens (tertiary/aromatic N) is 1. The Labute approximate surface area is 150 Å². The van der Waals surface area contributed by atoms with E-state index in [4.69, 9.17) is 4.74 Å². The molecule has 0 fully saturated rings. The maximum absolute atomic E-state index is 12.6. The van der Waals surface area contributed by atoms with Crippen molar-refractivity contribution in [3.05, 3.63) is 40.4 Å². The van der Waals surface area contributed by atoms with Gasteiger partial charge in [0.2, 0.25) is 0 Å². The molecule has 0 amide bonds. The summed E-state index contributed by atoms with van der Waals surface area (Å²) < 4.78 is 44.6. The molecule has 0 bridgehead atoms. The summed E-state index contributed by atoms with van der Waals surface area (Å²) in [5, 5.41) is 0.0693. The fourth-order valence-electron chi connectivity index (χ4n) is 2.03. The van der Waals surface area contributed by atoms with Crippen LogP contribution in [0.4, 0.5) is 9.52 Å². The van der Waals surface area contributed by atoms with Crippen molar-refractivity contribution in [3.63, 3.8) is 0 Å². The van der Waals surface area contributed by atoms with Crippen LogP contribution in [0.25, 0.3) is 0 Å². The number of thiazole rings is 1. The van der Waals surface area contributed by atoms with E-state index in [1.165, 1.54) is 31.4 Å². The third kappa shape index (κ3) is 4.35. The smallest absolute Gasteiger partial charge is 0.350 e. The van der Waals surface area contributed by atoms with Crippen molar-refractivity contribution in [1.29, 1.82) is 0 Å². The van der Waals surface area contributed by atoms with E-state index in [9.17, 15) is 17.6 Å². The summed E-state index contributed by atoms with van der Waals surface area (Å²) >= 11 is 0.912. The highest BCUT2D eigenvalue weighted by atomic mass is 32.2. The molecule has 2 aromatic rings. The Hall–Kier alpha value is -2.00. The van der Waals surface area contributed by atoms with Crippen LogP contribution in [0.15, 0.2) is 29.2 Å². The van der Waals surface area contributed by atoms with Crippen LogP contribution >= 0.6 is 11.3 Å². The molecule has 1 aromatic heterocycles. The Bertz CT molecular complexity index is 869. The highest BCUT2D eigenvalue weighted by Gasteiger charge is 2.29. The summed E-state index contributed by atoms with van der Waals surface area (Å²) in [4.78, 5) is 16.4. The second-order valence-corrected chi connectivity index (χ2v) is 9.00. The van der Waals surface area contributed by atoms with E-state index in [0.29, 0.717) is 11.3 Å². The van der Waals surface area contributed by atoms with Crippen molar-refractivity contribution >= 4 is 32.5 Å². The first-order chi connectivity index (χ1) is 11.6. The number of sulfonamides is 1. The number of carbonyl (C=O) groups is 1. The van der Waals surface area contributed by atoms with Gasteiger partial charge in [-0.2, -0.15) is 0 Å². The molecule has 0 aliphatic carbocycles. The number of halogens is 1. The molecule has 0 saturated carbocycles. The topological polar surface area (TPSA) is 85.4 Å². The zero-order valence-corrected chi connectivity index (χ0v) is 15.9. The summed E-state index contributed by atoms with van der Waals surface area (Å²) in [6.45, 7) is 4.92. The molecular weight excluding hydrogens is 367 g/mol. The van der Waals surface area contributed by atoms with Gasteiger partial charge < -0.3 is 4.74 Å². The average Bonchev–Trinajstić information content (AvgIpc) is 2.97. The van der Waals surface area contributed by atoms with Gasteiger partial charge in [0.15, 0.2) is 5.13 Å². The lowest BCUT2D eigenvalue weighted by Gasteiger charge is -2.16. The van der Waals surface area contributed by atoms with Crippen LogP contribution in [0, 0.1) is 0 Å². The number of hydrogen-bond acceptors (Lipinski definition) is 6. The van der Waals surface area contributed by atoms with Gasteiger partial charge in [0.25, 0.3) is 10.0 Å². The number of rotatable bonds is 5. The first kappa shape index (κ1) is 19.3.